The molecule has 6 heteroatoms. The van der Waals surface area contributed by atoms with Crippen LogP contribution < -0.4 is 9.46 Å². The van der Waals surface area contributed by atoms with E-state index in [0.29, 0.717) is 22.6 Å². The molecule has 0 bridgehead atoms. The van der Waals surface area contributed by atoms with Crippen molar-refractivity contribution in [2.24, 2.45) is 13.0 Å². The molecule has 1 rings (SSSR count). The monoisotopic (exact) mass is 353 g/mol. The van der Waals surface area contributed by atoms with Crippen molar-refractivity contribution in [2.75, 3.05) is 7.11 Å². The van der Waals surface area contributed by atoms with Crippen molar-refractivity contribution in [1.29, 1.82) is 0 Å². The van der Waals surface area contributed by atoms with Crippen LogP contribution in [0.2, 0.25) is 0 Å². The molecule has 24 heavy (non-hydrogen) atoms. The molecule has 1 N–H and O–H groups in total. The average molecular weight is 354 g/mol. The lowest BCUT2D eigenvalue weighted by Gasteiger charge is -2.17. The number of hydrogen-bond acceptors (Lipinski definition) is 4. The van der Waals surface area contributed by atoms with Gasteiger partial charge in [-0.15, -0.1) is 5.10 Å². The number of nitrogens with zero attached hydrogens (tertiary/aromatic N) is 2. The third kappa shape index (κ3) is 6.99. The number of carbonyl (C=O) groups excluding carboxylic acids is 1. The molecule has 0 saturated carbocycles. The number of allylic oxidation sites excluding steroid dienone is 2. The molecule has 136 valence electrons. The number of unbranched alkanes of at least 4 members (excludes halogenated alkanes) is 3. The van der Waals surface area contributed by atoms with Crippen molar-refractivity contribution in [1.82, 2.24) is 14.5 Å². The van der Waals surface area contributed by atoms with Gasteiger partial charge in [0.05, 0.1) is 7.11 Å². The number of hydrogen-bond donors (Lipinski definition) is 1. The zero-order chi connectivity index (χ0) is 17.9. The molecule has 1 amide bonds. The lowest BCUT2D eigenvalue weighted by molar-refractivity contribution is 0.0981. The first-order valence-corrected chi connectivity index (χ1v) is 9.56. The molecule has 0 aliphatic heterocycles. The van der Waals surface area contributed by atoms with E-state index in [1.165, 1.54) is 44.7 Å². The van der Waals surface area contributed by atoms with Gasteiger partial charge in [-0.2, -0.15) is 0 Å². The van der Waals surface area contributed by atoms with E-state index in [4.69, 9.17) is 4.74 Å². The van der Waals surface area contributed by atoms with Crippen LogP contribution in [0.5, 0.6) is 5.88 Å². The highest BCUT2D eigenvalue weighted by Crippen LogP contribution is 2.22. The van der Waals surface area contributed by atoms with Crippen LogP contribution in [0.1, 0.15) is 63.2 Å². The largest absolute Gasteiger partial charge is 0.479 e. The Labute approximate surface area is 150 Å². The first-order valence-electron chi connectivity index (χ1n) is 8.68. The van der Waals surface area contributed by atoms with Gasteiger partial charge in [-0.1, -0.05) is 45.8 Å². The Balaban J connectivity index is 2.36. The second-order valence-corrected chi connectivity index (χ2v) is 7.34. The third-order valence-electron chi connectivity index (χ3n) is 4.02. The first-order chi connectivity index (χ1) is 11.5. The summed E-state index contributed by atoms with van der Waals surface area (Å²) in [6.45, 7) is 6.58. The summed E-state index contributed by atoms with van der Waals surface area (Å²) in [6, 6.07) is 0. The molecular formula is C18H31N3O2S. The number of methoxy groups -OCH3 is 1. The van der Waals surface area contributed by atoms with Gasteiger partial charge in [-0.25, -0.2) is 0 Å². The van der Waals surface area contributed by atoms with Gasteiger partial charge < -0.3 is 4.74 Å². The molecule has 0 spiro atoms. The summed E-state index contributed by atoms with van der Waals surface area (Å²) in [5, 5.41) is 4.43. The Kier molecular flexibility index (Phi) is 9.60. The zero-order valence-electron chi connectivity index (χ0n) is 15.5. The first kappa shape index (κ1) is 20.6. The highest BCUT2D eigenvalue weighted by Gasteiger charge is 2.18. The van der Waals surface area contributed by atoms with Gasteiger partial charge in [0.1, 0.15) is 5.56 Å². The molecule has 1 aromatic rings. The fourth-order valence-electron chi connectivity index (χ4n) is 2.22. The van der Waals surface area contributed by atoms with Crippen LogP contribution in [0.4, 0.5) is 0 Å². The summed E-state index contributed by atoms with van der Waals surface area (Å²) >= 11 is 1.46. The second-order valence-electron chi connectivity index (χ2n) is 6.16. The topological polar surface area (TPSA) is 56.2 Å². The Bertz CT molecular complexity index is 528. The minimum atomic E-state index is -0.167. The lowest BCUT2D eigenvalue weighted by Crippen LogP contribution is -2.22. The maximum Gasteiger partial charge on any atom is 0.268 e. The maximum atomic E-state index is 12.2. The molecule has 0 saturated heterocycles. The number of nitrogens with one attached hydrogen (secondary N) is 1. The minimum Gasteiger partial charge on any atom is -0.479 e. The molecule has 0 radical (unpaired) electrons. The van der Waals surface area contributed by atoms with Gasteiger partial charge in [0.15, 0.2) is 0 Å². The molecule has 0 unspecified atom stereocenters. The Morgan fingerprint density at radius 1 is 1.42 bits per heavy atom. The normalized spacial score (nSPS) is 13.9. The predicted octanol–water partition coefficient (Wildman–Crippen LogP) is 4.36. The summed E-state index contributed by atoms with van der Waals surface area (Å²) in [6.07, 6.45) is 12.3. The van der Waals surface area contributed by atoms with E-state index in [2.05, 4.69) is 42.7 Å². The quantitative estimate of drug-likeness (QED) is 0.365. The van der Waals surface area contributed by atoms with Crippen LogP contribution >= 0.6 is 11.9 Å². The van der Waals surface area contributed by atoms with Crippen LogP contribution in [0, 0.1) is 5.92 Å². The fraction of sp³-hybridized carbons (Fsp3) is 0.667. The van der Waals surface area contributed by atoms with Crippen molar-refractivity contribution in [3.8, 4) is 5.88 Å². The minimum absolute atomic E-state index is 0.167. The van der Waals surface area contributed by atoms with Crippen LogP contribution in [0.25, 0.3) is 0 Å². The number of amides is 1. The summed E-state index contributed by atoms with van der Waals surface area (Å²) in [5.74, 6) is 0.680. The highest BCUT2D eigenvalue weighted by atomic mass is 32.2. The molecule has 1 aromatic heterocycles. The molecule has 1 heterocycles. The third-order valence-corrected chi connectivity index (χ3v) is 5.16. The van der Waals surface area contributed by atoms with Crippen molar-refractivity contribution in [3.63, 3.8) is 0 Å². The summed E-state index contributed by atoms with van der Waals surface area (Å²) in [5.41, 5.74) is 0.461. The maximum absolute atomic E-state index is 12.2. The molecule has 0 fully saturated rings. The molecule has 5 nitrogen and oxygen atoms in total. The Hall–Kier alpha value is -1.43. The van der Waals surface area contributed by atoms with Crippen LogP contribution in [-0.4, -0.2) is 28.0 Å². The molecule has 0 aliphatic rings. The number of ether oxygens (including phenoxy) is 1. The van der Waals surface area contributed by atoms with E-state index in [9.17, 15) is 4.79 Å². The van der Waals surface area contributed by atoms with Gasteiger partial charge in [0, 0.05) is 18.5 Å². The van der Waals surface area contributed by atoms with E-state index in [1.54, 1.807) is 17.9 Å². The summed E-state index contributed by atoms with van der Waals surface area (Å²) in [4.78, 5) is 12.2. The van der Waals surface area contributed by atoms with Crippen LogP contribution in [0.3, 0.4) is 0 Å². The zero-order valence-corrected chi connectivity index (χ0v) is 16.4. The van der Waals surface area contributed by atoms with Crippen molar-refractivity contribution >= 4 is 17.9 Å². The average Bonchev–Trinajstić information content (AvgIpc) is 2.96. The standard InChI is InChI=1S/C18H31N3O2S/c1-6-7-8-9-10-11-12-14(2)15(3)24-20-17(22)16-13-21(4)19-18(16)23-5/h10-11,13-15H,6-9,12H2,1-5H3,(H,20,22)/b11-10+/t14-,15+/m0/s1. The van der Waals surface area contributed by atoms with Crippen LogP contribution in [0.15, 0.2) is 18.3 Å². The fourth-order valence-corrected chi connectivity index (χ4v) is 2.97. The SMILES string of the molecule is CCCCC/C=C/C[C@H](C)[C@@H](C)SNC(=O)c1cn(C)nc1OC. The van der Waals surface area contributed by atoms with E-state index >= 15 is 0 Å². The number of aryl methyl sites for hydroxylation is 1. The van der Waals surface area contributed by atoms with Gasteiger partial charge >= 0.3 is 0 Å². The van der Waals surface area contributed by atoms with E-state index in [0.717, 1.165) is 6.42 Å². The van der Waals surface area contributed by atoms with E-state index in [-0.39, 0.29) is 5.91 Å². The van der Waals surface area contributed by atoms with Crippen molar-refractivity contribution < 1.29 is 9.53 Å². The molecule has 0 aliphatic carbocycles. The number of carbonyl (C=O) groups is 1. The Morgan fingerprint density at radius 2 is 2.17 bits per heavy atom. The van der Waals surface area contributed by atoms with Crippen LogP contribution in [-0.2, 0) is 7.05 Å². The number of rotatable bonds is 11. The lowest BCUT2D eigenvalue weighted by atomic mass is 10.0. The van der Waals surface area contributed by atoms with E-state index < -0.39 is 0 Å². The Morgan fingerprint density at radius 3 is 2.83 bits per heavy atom. The summed E-state index contributed by atoms with van der Waals surface area (Å²) < 4.78 is 9.61. The van der Waals surface area contributed by atoms with Gasteiger partial charge in [0.25, 0.3) is 5.91 Å². The molecule has 2 atom stereocenters. The number of aromatic nitrogens is 2. The second kappa shape index (κ2) is 11.2. The van der Waals surface area contributed by atoms with Gasteiger partial charge in [0.2, 0.25) is 5.88 Å². The smallest absolute Gasteiger partial charge is 0.268 e. The van der Waals surface area contributed by atoms with E-state index in [1.807, 2.05) is 0 Å². The predicted molar refractivity (Wildman–Crippen MR) is 101 cm³/mol. The van der Waals surface area contributed by atoms with Gasteiger partial charge in [-0.05, 0) is 37.1 Å². The molecule has 0 aromatic carbocycles. The van der Waals surface area contributed by atoms with Crippen molar-refractivity contribution in [2.45, 2.75) is 58.1 Å². The van der Waals surface area contributed by atoms with Crippen molar-refractivity contribution in [3.05, 3.63) is 23.9 Å². The molecular weight excluding hydrogens is 322 g/mol. The highest BCUT2D eigenvalue weighted by molar-refractivity contribution is 7.98. The van der Waals surface area contributed by atoms with Gasteiger partial charge in [-0.3, -0.25) is 14.2 Å². The summed E-state index contributed by atoms with van der Waals surface area (Å²) in [7, 11) is 3.29.